The number of esters is 2. The van der Waals surface area contributed by atoms with Crippen molar-refractivity contribution in [1.82, 2.24) is 0 Å². The largest absolute Gasteiger partial charge is 0.468 e. The summed E-state index contributed by atoms with van der Waals surface area (Å²) >= 11 is 5.43. The predicted molar refractivity (Wildman–Crippen MR) is 66.2 cm³/mol. The summed E-state index contributed by atoms with van der Waals surface area (Å²) in [5.74, 6) is -0.975. The molecule has 0 aromatic rings. The Morgan fingerprint density at radius 3 is 2.56 bits per heavy atom. The highest BCUT2D eigenvalue weighted by atomic mass is 32.2. The Labute approximate surface area is 105 Å². The number of hydrogen-bond acceptors (Lipinski definition) is 7. The molecule has 94 valence electrons. The van der Waals surface area contributed by atoms with Crippen molar-refractivity contribution in [2.75, 3.05) is 13.4 Å². The van der Waals surface area contributed by atoms with Gasteiger partial charge in [-0.25, -0.2) is 0 Å². The third kappa shape index (κ3) is 6.24. The number of ether oxygens (including phenoxy) is 2. The van der Waals surface area contributed by atoms with Gasteiger partial charge in [-0.2, -0.15) is 0 Å². The molecule has 0 rings (SSSR count). The average Bonchev–Trinajstić information content (AvgIpc) is 2.24. The smallest absolute Gasteiger partial charge is 0.322 e. The van der Waals surface area contributed by atoms with Crippen molar-refractivity contribution in [1.29, 1.82) is 0 Å². The number of hydrogen-bond donors (Lipinski definition) is 2. The van der Waals surface area contributed by atoms with Gasteiger partial charge in [0.05, 0.1) is 7.11 Å². The van der Waals surface area contributed by atoms with E-state index in [-0.39, 0.29) is 12.8 Å². The molecule has 0 fully saturated rings. The number of carbonyl (C=O) groups is 2. The maximum atomic E-state index is 11.3. The number of rotatable bonds is 6. The van der Waals surface area contributed by atoms with Gasteiger partial charge in [-0.3, -0.25) is 9.59 Å². The van der Waals surface area contributed by atoms with Gasteiger partial charge in [0.2, 0.25) is 0 Å². The Morgan fingerprint density at radius 2 is 2.12 bits per heavy atom. The van der Waals surface area contributed by atoms with E-state index in [1.54, 1.807) is 13.2 Å². The van der Waals surface area contributed by atoms with Crippen molar-refractivity contribution in [3.8, 4) is 0 Å². The molecule has 0 amide bonds. The van der Waals surface area contributed by atoms with Gasteiger partial charge in [-0.05, 0) is 19.6 Å². The molecule has 0 aromatic heterocycles. The highest BCUT2D eigenvalue weighted by Crippen LogP contribution is 2.28. The van der Waals surface area contributed by atoms with Crippen molar-refractivity contribution < 1.29 is 19.1 Å². The molecular formula is C9H17NO4S2. The molecule has 0 bridgehead atoms. The minimum absolute atomic E-state index is 0.0625. The Morgan fingerprint density at radius 1 is 1.56 bits per heavy atom. The molecule has 2 N–H and O–H groups in total. The van der Waals surface area contributed by atoms with Gasteiger partial charge < -0.3 is 15.2 Å². The summed E-state index contributed by atoms with van der Waals surface area (Å²) in [5.41, 5.74) is 5.47. The van der Waals surface area contributed by atoms with Gasteiger partial charge in [-0.1, -0.05) is 0 Å². The van der Waals surface area contributed by atoms with Gasteiger partial charge in [-0.15, -0.1) is 24.4 Å². The van der Waals surface area contributed by atoms with Crippen LogP contribution in [0.5, 0.6) is 0 Å². The van der Waals surface area contributed by atoms with E-state index in [0.717, 1.165) is 0 Å². The van der Waals surface area contributed by atoms with E-state index >= 15 is 0 Å². The molecule has 0 aliphatic heterocycles. The highest BCUT2D eigenvalue weighted by molar-refractivity contribution is 8.10. The van der Waals surface area contributed by atoms with E-state index in [1.807, 2.05) is 0 Å². The molecule has 2 atom stereocenters. The zero-order chi connectivity index (χ0) is 12.8. The van der Waals surface area contributed by atoms with E-state index in [0.29, 0.717) is 0 Å². The summed E-state index contributed by atoms with van der Waals surface area (Å²) in [6, 6.07) is -0.794. The molecule has 0 aliphatic carbocycles. The highest BCUT2D eigenvalue weighted by Gasteiger charge is 2.23. The van der Waals surface area contributed by atoms with E-state index < -0.39 is 22.2 Å². The van der Waals surface area contributed by atoms with E-state index in [2.05, 4.69) is 17.4 Å². The van der Waals surface area contributed by atoms with E-state index in [1.165, 1.54) is 18.9 Å². The predicted octanol–water partition coefficient (Wildman–Crippen LogP) is 0.777. The summed E-state index contributed by atoms with van der Waals surface area (Å²) in [4.78, 5) is 22.3. The first-order chi connectivity index (χ1) is 7.32. The fraction of sp³-hybridized carbons (Fsp3) is 0.778. The van der Waals surface area contributed by atoms with Gasteiger partial charge >= 0.3 is 11.9 Å². The molecule has 16 heavy (non-hydrogen) atoms. The van der Waals surface area contributed by atoms with Crippen molar-refractivity contribution in [3.63, 3.8) is 0 Å². The van der Waals surface area contributed by atoms with E-state index in [9.17, 15) is 9.59 Å². The van der Waals surface area contributed by atoms with E-state index in [4.69, 9.17) is 10.5 Å². The summed E-state index contributed by atoms with van der Waals surface area (Å²) in [5, 5.41) is 0. The Kier molecular flexibility index (Phi) is 6.85. The number of carbonyl (C=O) groups excluding carboxylic acids is 2. The third-order valence-corrected chi connectivity index (χ3v) is 3.33. The first kappa shape index (κ1) is 15.6. The molecule has 0 radical (unpaired) electrons. The van der Waals surface area contributed by atoms with Gasteiger partial charge in [0.15, 0.2) is 4.27 Å². The van der Waals surface area contributed by atoms with Crippen LogP contribution in [0.15, 0.2) is 0 Å². The molecule has 2 unspecified atom stereocenters. The normalized spacial score (nSPS) is 16.1. The van der Waals surface area contributed by atoms with Crippen molar-refractivity contribution in [2.45, 2.75) is 30.1 Å². The molecule has 5 nitrogen and oxygen atoms in total. The minimum atomic E-state index is -0.855. The molecule has 7 heteroatoms. The number of methoxy groups -OCH3 is 1. The number of thiol groups is 1. The molecular weight excluding hydrogens is 250 g/mol. The summed E-state index contributed by atoms with van der Waals surface area (Å²) in [7, 11) is 1.25. The molecule has 0 saturated heterocycles. The lowest BCUT2D eigenvalue weighted by Gasteiger charge is -2.21. The van der Waals surface area contributed by atoms with Crippen LogP contribution in [-0.4, -0.2) is 35.6 Å². The number of nitrogens with two attached hydrogens (primary N) is 1. The van der Waals surface area contributed by atoms with Crippen LogP contribution in [0.3, 0.4) is 0 Å². The fourth-order valence-electron chi connectivity index (χ4n) is 0.846. The lowest BCUT2D eigenvalue weighted by atomic mass is 10.2. The lowest BCUT2D eigenvalue weighted by molar-refractivity contribution is -0.146. The van der Waals surface area contributed by atoms with Gasteiger partial charge in [0.1, 0.15) is 6.04 Å². The Hall–Kier alpha value is -0.400. The van der Waals surface area contributed by atoms with Crippen LogP contribution in [0.4, 0.5) is 0 Å². The maximum Gasteiger partial charge on any atom is 0.322 e. The molecule has 0 aliphatic rings. The van der Waals surface area contributed by atoms with Crippen molar-refractivity contribution >= 4 is 36.3 Å². The van der Waals surface area contributed by atoms with Crippen molar-refractivity contribution in [2.24, 2.45) is 5.73 Å². The van der Waals surface area contributed by atoms with Crippen LogP contribution >= 0.6 is 24.4 Å². The third-order valence-electron chi connectivity index (χ3n) is 1.85. The monoisotopic (exact) mass is 267 g/mol. The maximum absolute atomic E-state index is 11.3. The average molecular weight is 267 g/mol. The zero-order valence-corrected chi connectivity index (χ0v) is 11.3. The second-order valence-corrected chi connectivity index (χ2v) is 5.59. The van der Waals surface area contributed by atoms with Crippen LogP contribution < -0.4 is 5.73 Å². The topological polar surface area (TPSA) is 78.6 Å². The number of thioether (sulfide) groups is 1. The molecule has 0 spiro atoms. The van der Waals surface area contributed by atoms with Crippen LogP contribution in [0, 0.1) is 0 Å². The first-order valence-electron chi connectivity index (χ1n) is 4.65. The second-order valence-electron chi connectivity index (χ2n) is 3.24. The van der Waals surface area contributed by atoms with Crippen LogP contribution in [0.25, 0.3) is 0 Å². The SMILES string of the molecule is COC(=O)C(N)CCC(=O)OC(C)(S)SC. The summed E-state index contributed by atoms with van der Waals surface area (Å²) in [6.45, 7) is 1.67. The molecule has 0 heterocycles. The second kappa shape index (κ2) is 7.03. The zero-order valence-electron chi connectivity index (χ0n) is 9.56. The first-order valence-corrected chi connectivity index (χ1v) is 6.32. The summed E-state index contributed by atoms with van der Waals surface area (Å²) in [6.07, 6.45) is 2.04. The Balaban J connectivity index is 3.95. The lowest BCUT2D eigenvalue weighted by Crippen LogP contribution is -2.32. The Bertz CT molecular complexity index is 258. The molecule has 0 saturated carbocycles. The molecule has 0 aromatic carbocycles. The standard InChI is InChI=1S/C9H17NO4S2/c1-9(15,16-3)14-7(11)5-4-6(10)8(12)13-2/h6,15H,4-5,10H2,1-3H3. The van der Waals surface area contributed by atoms with Crippen LogP contribution in [0.2, 0.25) is 0 Å². The van der Waals surface area contributed by atoms with Crippen LogP contribution in [0.1, 0.15) is 19.8 Å². The van der Waals surface area contributed by atoms with Crippen molar-refractivity contribution in [3.05, 3.63) is 0 Å². The quantitative estimate of drug-likeness (QED) is 0.420. The minimum Gasteiger partial charge on any atom is -0.468 e. The van der Waals surface area contributed by atoms with Gasteiger partial charge in [0, 0.05) is 6.42 Å². The summed E-state index contributed by atoms with van der Waals surface area (Å²) < 4.78 is 8.61. The van der Waals surface area contributed by atoms with Gasteiger partial charge in [0.25, 0.3) is 0 Å². The van der Waals surface area contributed by atoms with Crippen LogP contribution in [-0.2, 0) is 19.1 Å². The fourth-order valence-corrected chi connectivity index (χ4v) is 1.12.